The number of nitrogen functional groups attached to an aromatic ring is 1. The lowest BCUT2D eigenvalue weighted by Gasteiger charge is -2.11. The second-order valence-electron chi connectivity index (χ2n) is 4.91. The molecular weight excluding hydrogens is 254 g/mol. The highest BCUT2D eigenvalue weighted by molar-refractivity contribution is 5.89. The number of hydrogen-bond acceptors (Lipinski definition) is 6. The number of rotatable bonds is 7. The normalized spacial score (nSPS) is 12.3. The Hall–Kier alpha value is -1.92. The molecule has 108 valence electrons. The lowest BCUT2D eigenvalue weighted by molar-refractivity contribution is 0.229. The minimum atomic E-state index is 0.234. The van der Waals surface area contributed by atoms with Crippen LogP contribution in [0.25, 0.3) is 10.9 Å². The van der Waals surface area contributed by atoms with E-state index >= 15 is 0 Å². The predicted molar refractivity (Wildman–Crippen MR) is 81.3 cm³/mol. The fourth-order valence-electron chi connectivity index (χ4n) is 2.02. The monoisotopic (exact) mass is 275 g/mol. The van der Waals surface area contributed by atoms with Gasteiger partial charge in [0.25, 0.3) is 0 Å². The number of fused-ring (bicyclic) bond motifs is 1. The van der Waals surface area contributed by atoms with Gasteiger partial charge in [0.1, 0.15) is 5.82 Å². The largest absolute Gasteiger partial charge is 0.396 e. The van der Waals surface area contributed by atoms with Crippen molar-refractivity contribution in [1.82, 2.24) is 9.97 Å². The molecule has 0 saturated carbocycles. The summed E-state index contributed by atoms with van der Waals surface area (Å²) in [6, 6.07) is 7.80. The average molecular weight is 275 g/mol. The lowest BCUT2D eigenvalue weighted by atomic mass is 10.1. The van der Waals surface area contributed by atoms with Crippen LogP contribution in [-0.4, -0.2) is 28.2 Å². The molecule has 1 aromatic heterocycles. The van der Waals surface area contributed by atoms with Crippen molar-refractivity contribution in [1.29, 1.82) is 0 Å². The van der Waals surface area contributed by atoms with Gasteiger partial charge in [-0.1, -0.05) is 19.1 Å². The predicted octanol–water partition coefficient (Wildman–Crippen LogP) is 1.74. The van der Waals surface area contributed by atoms with Gasteiger partial charge in [-0.25, -0.2) is 10.8 Å². The Kier molecular flexibility index (Phi) is 5.09. The van der Waals surface area contributed by atoms with Crippen LogP contribution in [0.4, 0.5) is 11.8 Å². The van der Waals surface area contributed by atoms with Crippen LogP contribution in [0.2, 0.25) is 0 Å². The number of para-hydroxylation sites is 1. The number of aliphatic hydroxyl groups is 1. The van der Waals surface area contributed by atoms with Crippen molar-refractivity contribution in [3.63, 3.8) is 0 Å². The maximum atomic E-state index is 9.00. The first-order chi connectivity index (χ1) is 9.74. The molecule has 0 saturated heterocycles. The molecule has 6 nitrogen and oxygen atoms in total. The molecular formula is C14H21N5O. The summed E-state index contributed by atoms with van der Waals surface area (Å²) in [4.78, 5) is 8.65. The Labute approximate surface area is 118 Å². The number of benzene rings is 1. The van der Waals surface area contributed by atoms with E-state index in [4.69, 9.17) is 10.9 Å². The molecule has 0 aliphatic rings. The zero-order valence-electron chi connectivity index (χ0n) is 11.6. The molecule has 2 aromatic rings. The summed E-state index contributed by atoms with van der Waals surface area (Å²) in [6.45, 7) is 3.07. The molecule has 0 fully saturated rings. The summed E-state index contributed by atoms with van der Waals surface area (Å²) in [7, 11) is 0. The molecule has 1 aromatic carbocycles. The van der Waals surface area contributed by atoms with Crippen molar-refractivity contribution in [3.05, 3.63) is 24.3 Å². The van der Waals surface area contributed by atoms with Crippen LogP contribution in [-0.2, 0) is 0 Å². The van der Waals surface area contributed by atoms with Gasteiger partial charge >= 0.3 is 0 Å². The zero-order valence-corrected chi connectivity index (χ0v) is 11.6. The number of nitrogens with two attached hydrogens (primary N) is 1. The van der Waals surface area contributed by atoms with Crippen LogP contribution in [0.5, 0.6) is 0 Å². The van der Waals surface area contributed by atoms with Crippen molar-refractivity contribution in [3.8, 4) is 0 Å². The highest BCUT2D eigenvalue weighted by atomic mass is 16.3. The SMILES string of the molecule is CC(CO)CCCNc1nc(NN)nc2ccccc12. The molecule has 20 heavy (non-hydrogen) atoms. The standard InChI is InChI=1S/C14H21N5O/c1-10(9-20)5-4-8-16-13-11-6-2-3-7-12(11)17-14(18-13)19-15/h2-3,6-7,10,20H,4-5,8-9,15H2,1H3,(H2,16,17,18,19). The summed E-state index contributed by atoms with van der Waals surface area (Å²) in [5.74, 6) is 6.90. The summed E-state index contributed by atoms with van der Waals surface area (Å²) in [5, 5.41) is 13.3. The Bertz CT molecular complexity index is 560. The number of nitrogens with zero attached hydrogens (tertiary/aromatic N) is 2. The molecule has 1 unspecified atom stereocenters. The molecule has 5 N–H and O–H groups in total. The Morgan fingerprint density at radius 3 is 2.85 bits per heavy atom. The van der Waals surface area contributed by atoms with E-state index in [0.29, 0.717) is 11.9 Å². The maximum Gasteiger partial charge on any atom is 0.239 e. The van der Waals surface area contributed by atoms with Crippen LogP contribution >= 0.6 is 0 Å². The first kappa shape index (κ1) is 14.5. The van der Waals surface area contributed by atoms with Gasteiger partial charge < -0.3 is 10.4 Å². The highest BCUT2D eigenvalue weighted by Crippen LogP contribution is 2.21. The van der Waals surface area contributed by atoms with Crippen molar-refractivity contribution in [2.45, 2.75) is 19.8 Å². The molecule has 1 heterocycles. The van der Waals surface area contributed by atoms with Crippen LogP contribution < -0.4 is 16.6 Å². The summed E-state index contributed by atoms with van der Waals surface area (Å²) in [5.41, 5.74) is 3.33. The molecule has 0 spiro atoms. The second kappa shape index (κ2) is 7.02. The van der Waals surface area contributed by atoms with Crippen LogP contribution in [0.1, 0.15) is 19.8 Å². The molecule has 0 aliphatic heterocycles. The van der Waals surface area contributed by atoms with E-state index in [1.54, 1.807) is 0 Å². The minimum absolute atomic E-state index is 0.234. The number of hydrogen-bond donors (Lipinski definition) is 4. The third-order valence-corrected chi connectivity index (χ3v) is 3.21. The van der Waals surface area contributed by atoms with Gasteiger partial charge in [-0.3, -0.25) is 5.43 Å². The second-order valence-corrected chi connectivity index (χ2v) is 4.91. The average Bonchev–Trinajstić information content (AvgIpc) is 2.50. The smallest absolute Gasteiger partial charge is 0.239 e. The molecule has 0 bridgehead atoms. The van der Waals surface area contributed by atoms with E-state index < -0.39 is 0 Å². The molecule has 0 radical (unpaired) electrons. The third-order valence-electron chi connectivity index (χ3n) is 3.21. The topological polar surface area (TPSA) is 96.1 Å². The van der Waals surface area contributed by atoms with E-state index in [1.807, 2.05) is 31.2 Å². The van der Waals surface area contributed by atoms with E-state index in [1.165, 1.54) is 0 Å². The quantitative estimate of drug-likeness (QED) is 0.349. The van der Waals surface area contributed by atoms with Crippen LogP contribution in [0, 0.1) is 5.92 Å². The summed E-state index contributed by atoms with van der Waals surface area (Å²) < 4.78 is 0. The van der Waals surface area contributed by atoms with E-state index in [-0.39, 0.29) is 6.61 Å². The van der Waals surface area contributed by atoms with Gasteiger partial charge in [0, 0.05) is 18.5 Å². The van der Waals surface area contributed by atoms with Gasteiger partial charge in [-0.15, -0.1) is 0 Å². The Balaban J connectivity index is 2.08. The minimum Gasteiger partial charge on any atom is -0.396 e. The van der Waals surface area contributed by atoms with E-state index in [0.717, 1.165) is 36.1 Å². The first-order valence-corrected chi connectivity index (χ1v) is 6.82. The lowest BCUT2D eigenvalue weighted by Crippen LogP contribution is -2.13. The van der Waals surface area contributed by atoms with Gasteiger partial charge in [0.2, 0.25) is 5.95 Å². The first-order valence-electron chi connectivity index (χ1n) is 6.82. The number of aliphatic hydroxyl groups excluding tert-OH is 1. The van der Waals surface area contributed by atoms with Gasteiger partial charge in [-0.2, -0.15) is 4.98 Å². The van der Waals surface area contributed by atoms with Gasteiger partial charge in [-0.05, 0) is 30.9 Å². The number of nitrogens with one attached hydrogen (secondary N) is 2. The zero-order chi connectivity index (χ0) is 14.4. The van der Waals surface area contributed by atoms with Crippen LogP contribution in [0.15, 0.2) is 24.3 Å². The number of aromatic nitrogens is 2. The molecule has 0 amide bonds. The van der Waals surface area contributed by atoms with Crippen molar-refractivity contribution in [2.75, 3.05) is 23.9 Å². The van der Waals surface area contributed by atoms with Crippen molar-refractivity contribution in [2.24, 2.45) is 11.8 Å². The molecule has 6 heteroatoms. The number of anilines is 2. The molecule has 2 rings (SSSR count). The fourth-order valence-corrected chi connectivity index (χ4v) is 2.02. The summed E-state index contributed by atoms with van der Waals surface area (Å²) >= 11 is 0. The van der Waals surface area contributed by atoms with Gasteiger partial charge in [0.15, 0.2) is 0 Å². The third kappa shape index (κ3) is 3.55. The number of hydrazine groups is 1. The Morgan fingerprint density at radius 2 is 2.10 bits per heavy atom. The summed E-state index contributed by atoms with van der Waals surface area (Å²) in [6.07, 6.45) is 1.96. The van der Waals surface area contributed by atoms with Crippen molar-refractivity contribution < 1.29 is 5.11 Å². The molecule has 1 atom stereocenters. The van der Waals surface area contributed by atoms with E-state index in [9.17, 15) is 0 Å². The van der Waals surface area contributed by atoms with Gasteiger partial charge in [0.05, 0.1) is 5.52 Å². The van der Waals surface area contributed by atoms with E-state index in [2.05, 4.69) is 20.7 Å². The molecule has 0 aliphatic carbocycles. The van der Waals surface area contributed by atoms with Crippen molar-refractivity contribution >= 4 is 22.7 Å². The maximum absolute atomic E-state index is 9.00. The van der Waals surface area contributed by atoms with Crippen LogP contribution in [0.3, 0.4) is 0 Å². The Morgan fingerprint density at radius 1 is 1.30 bits per heavy atom. The fraction of sp³-hybridized carbons (Fsp3) is 0.429. The highest BCUT2D eigenvalue weighted by Gasteiger charge is 2.06.